The first-order valence-electron chi connectivity index (χ1n) is 10.4. The molecular weight excluding hydrogens is 360 g/mol. The molecule has 1 unspecified atom stereocenters. The number of aryl methyl sites for hydroxylation is 1. The predicted octanol–water partition coefficient (Wildman–Crippen LogP) is 4.60. The van der Waals surface area contributed by atoms with Crippen molar-refractivity contribution in [3.8, 4) is 5.75 Å². The first-order chi connectivity index (χ1) is 14.2. The highest BCUT2D eigenvalue weighted by molar-refractivity contribution is 5.88. The van der Waals surface area contributed by atoms with Gasteiger partial charge in [-0.3, -0.25) is 4.79 Å². The first-order valence-corrected chi connectivity index (χ1v) is 10.4. The summed E-state index contributed by atoms with van der Waals surface area (Å²) in [6.07, 6.45) is 5.82. The number of aromatic nitrogens is 1. The van der Waals surface area contributed by atoms with Gasteiger partial charge in [0, 0.05) is 35.6 Å². The number of fused-ring (bicyclic) bond motifs is 3. The molecule has 1 aliphatic heterocycles. The van der Waals surface area contributed by atoms with Gasteiger partial charge in [0.1, 0.15) is 5.75 Å². The van der Waals surface area contributed by atoms with Crippen LogP contribution in [0.3, 0.4) is 0 Å². The third kappa shape index (κ3) is 3.33. The molecule has 0 spiro atoms. The molecule has 2 heterocycles. The average molecular weight is 386 g/mol. The quantitative estimate of drug-likeness (QED) is 0.715. The van der Waals surface area contributed by atoms with Gasteiger partial charge in [0.05, 0.1) is 7.11 Å². The van der Waals surface area contributed by atoms with E-state index in [4.69, 9.17) is 4.74 Å². The van der Waals surface area contributed by atoms with E-state index in [-0.39, 0.29) is 5.92 Å². The van der Waals surface area contributed by atoms with Crippen LogP contribution < -0.4 is 4.74 Å². The van der Waals surface area contributed by atoms with Crippen LogP contribution >= 0.6 is 0 Å². The third-order valence-corrected chi connectivity index (χ3v) is 6.41. The van der Waals surface area contributed by atoms with Crippen molar-refractivity contribution < 1.29 is 9.53 Å². The van der Waals surface area contributed by atoms with Crippen molar-refractivity contribution in [3.05, 3.63) is 71.4 Å². The fourth-order valence-corrected chi connectivity index (χ4v) is 4.78. The zero-order valence-electron chi connectivity index (χ0n) is 16.8. The number of carbonyl (C=O) groups is 1. The minimum Gasteiger partial charge on any atom is -0.497 e. The molecule has 1 amide bonds. The topological polar surface area (TPSA) is 45.3 Å². The molecule has 148 valence electrons. The Hall–Kier alpha value is -3.01. The Morgan fingerprint density at radius 1 is 1.14 bits per heavy atom. The van der Waals surface area contributed by atoms with Crippen LogP contribution in [-0.2, 0) is 17.6 Å². The van der Waals surface area contributed by atoms with Crippen LogP contribution in [0.15, 0.2) is 54.6 Å². The largest absolute Gasteiger partial charge is 0.497 e. The Kier molecular flexibility index (Phi) is 4.62. The van der Waals surface area contributed by atoms with E-state index in [2.05, 4.69) is 47.5 Å². The van der Waals surface area contributed by atoms with Crippen molar-refractivity contribution in [3.63, 3.8) is 0 Å². The number of nitrogens with one attached hydrogen (secondary N) is 1. The molecule has 3 aromatic rings. The maximum atomic E-state index is 13.2. The second-order valence-corrected chi connectivity index (χ2v) is 8.06. The van der Waals surface area contributed by atoms with Crippen LogP contribution in [0.2, 0.25) is 0 Å². The van der Waals surface area contributed by atoms with Gasteiger partial charge in [-0.15, -0.1) is 0 Å². The SMILES string of the molecule is COc1ccc2[nH]c3c(c2c1)CC(C(=O)N1CC=C(c2ccccc2)CC1)CC3. The summed E-state index contributed by atoms with van der Waals surface area (Å²) in [5.41, 5.74) is 6.33. The van der Waals surface area contributed by atoms with E-state index >= 15 is 0 Å². The normalized spacial score (nSPS) is 19.0. The summed E-state index contributed by atoms with van der Waals surface area (Å²) in [6.45, 7) is 1.53. The third-order valence-electron chi connectivity index (χ3n) is 6.41. The van der Waals surface area contributed by atoms with Crippen LogP contribution in [0.5, 0.6) is 5.75 Å². The summed E-state index contributed by atoms with van der Waals surface area (Å²) >= 11 is 0. The Labute approximate surface area is 171 Å². The lowest BCUT2D eigenvalue weighted by molar-refractivity contribution is -0.135. The van der Waals surface area contributed by atoms with Gasteiger partial charge in [-0.2, -0.15) is 0 Å². The number of benzene rings is 2. The average Bonchev–Trinajstić information content (AvgIpc) is 3.16. The summed E-state index contributed by atoms with van der Waals surface area (Å²) in [6, 6.07) is 16.6. The lowest BCUT2D eigenvalue weighted by Gasteiger charge is -2.31. The highest BCUT2D eigenvalue weighted by atomic mass is 16.5. The minimum atomic E-state index is 0.0689. The summed E-state index contributed by atoms with van der Waals surface area (Å²) in [7, 11) is 1.69. The monoisotopic (exact) mass is 386 g/mol. The van der Waals surface area contributed by atoms with E-state index in [9.17, 15) is 4.79 Å². The lowest BCUT2D eigenvalue weighted by atomic mass is 9.85. The number of nitrogens with zero attached hydrogens (tertiary/aromatic N) is 1. The molecule has 0 fully saturated rings. The van der Waals surface area contributed by atoms with Crippen LogP contribution in [0.25, 0.3) is 16.5 Å². The Balaban J connectivity index is 1.33. The molecule has 1 aliphatic carbocycles. The van der Waals surface area contributed by atoms with Gasteiger partial charge in [0.2, 0.25) is 5.91 Å². The lowest BCUT2D eigenvalue weighted by Crippen LogP contribution is -2.40. The highest BCUT2D eigenvalue weighted by Crippen LogP contribution is 2.35. The zero-order valence-corrected chi connectivity index (χ0v) is 16.8. The summed E-state index contributed by atoms with van der Waals surface area (Å²) in [5, 5.41) is 1.20. The van der Waals surface area contributed by atoms with Gasteiger partial charge in [-0.1, -0.05) is 36.4 Å². The molecule has 2 aliphatic rings. The van der Waals surface area contributed by atoms with Gasteiger partial charge in [0.25, 0.3) is 0 Å². The van der Waals surface area contributed by atoms with Crippen molar-refractivity contribution in [1.29, 1.82) is 0 Å². The van der Waals surface area contributed by atoms with Crippen molar-refractivity contribution >= 4 is 22.4 Å². The number of H-pyrrole nitrogens is 1. The van der Waals surface area contributed by atoms with E-state index in [1.165, 1.54) is 27.8 Å². The van der Waals surface area contributed by atoms with Crippen LogP contribution in [0, 0.1) is 5.92 Å². The predicted molar refractivity (Wildman–Crippen MR) is 116 cm³/mol. The number of ether oxygens (including phenoxy) is 1. The van der Waals surface area contributed by atoms with Crippen LogP contribution in [-0.4, -0.2) is 36.0 Å². The maximum absolute atomic E-state index is 13.2. The summed E-state index contributed by atoms with van der Waals surface area (Å²) < 4.78 is 5.40. The van der Waals surface area contributed by atoms with Gasteiger partial charge >= 0.3 is 0 Å². The number of rotatable bonds is 3. The molecule has 4 heteroatoms. The molecule has 0 saturated carbocycles. The van der Waals surface area contributed by atoms with Gasteiger partial charge in [-0.05, 0) is 60.6 Å². The van der Waals surface area contributed by atoms with E-state index in [0.29, 0.717) is 12.5 Å². The van der Waals surface area contributed by atoms with Crippen molar-refractivity contribution in [2.24, 2.45) is 5.92 Å². The molecule has 29 heavy (non-hydrogen) atoms. The Bertz CT molecular complexity index is 1080. The van der Waals surface area contributed by atoms with Crippen LogP contribution in [0.4, 0.5) is 0 Å². The Morgan fingerprint density at radius 2 is 2.00 bits per heavy atom. The number of amides is 1. The van der Waals surface area contributed by atoms with Crippen LogP contribution in [0.1, 0.15) is 29.7 Å². The fraction of sp³-hybridized carbons (Fsp3) is 0.320. The van der Waals surface area contributed by atoms with Gasteiger partial charge in [0.15, 0.2) is 0 Å². The molecule has 1 aromatic heterocycles. The van der Waals surface area contributed by atoms with Crippen molar-refractivity contribution in [2.75, 3.05) is 20.2 Å². The standard InChI is InChI=1S/C25H26N2O2/c1-29-20-8-10-24-22(16-20)21-15-19(7-9-23(21)26-24)25(28)27-13-11-18(12-14-27)17-5-3-2-4-6-17/h2-6,8,10-11,16,19,26H,7,9,12-15H2,1H3. The molecule has 1 N–H and O–H groups in total. The minimum absolute atomic E-state index is 0.0689. The Morgan fingerprint density at radius 3 is 2.76 bits per heavy atom. The molecule has 4 nitrogen and oxygen atoms in total. The number of hydrogen-bond acceptors (Lipinski definition) is 2. The summed E-state index contributed by atoms with van der Waals surface area (Å²) in [4.78, 5) is 18.8. The smallest absolute Gasteiger partial charge is 0.226 e. The molecule has 5 rings (SSSR count). The highest BCUT2D eigenvalue weighted by Gasteiger charge is 2.31. The number of aromatic amines is 1. The molecule has 1 atom stereocenters. The molecule has 0 saturated heterocycles. The first kappa shape index (κ1) is 18.0. The number of carbonyl (C=O) groups excluding carboxylic acids is 1. The summed E-state index contributed by atoms with van der Waals surface area (Å²) in [5.74, 6) is 1.23. The molecule has 2 aromatic carbocycles. The molecule has 0 radical (unpaired) electrons. The fourth-order valence-electron chi connectivity index (χ4n) is 4.78. The van der Waals surface area contributed by atoms with Crippen molar-refractivity contribution in [2.45, 2.75) is 25.7 Å². The van der Waals surface area contributed by atoms with E-state index in [1.807, 2.05) is 17.0 Å². The van der Waals surface area contributed by atoms with E-state index < -0.39 is 0 Å². The second-order valence-electron chi connectivity index (χ2n) is 8.06. The van der Waals surface area contributed by atoms with E-state index in [1.54, 1.807) is 7.11 Å². The molecule has 0 bridgehead atoms. The van der Waals surface area contributed by atoms with E-state index in [0.717, 1.165) is 43.5 Å². The number of methoxy groups -OCH3 is 1. The van der Waals surface area contributed by atoms with Crippen molar-refractivity contribution in [1.82, 2.24) is 9.88 Å². The molecular formula is C25H26N2O2. The zero-order chi connectivity index (χ0) is 19.8. The maximum Gasteiger partial charge on any atom is 0.226 e. The second kappa shape index (κ2) is 7.43. The van der Waals surface area contributed by atoms with Gasteiger partial charge < -0.3 is 14.6 Å². The van der Waals surface area contributed by atoms with Gasteiger partial charge in [-0.25, -0.2) is 0 Å². The number of hydrogen-bond donors (Lipinski definition) is 1.